The van der Waals surface area contributed by atoms with Crippen molar-refractivity contribution < 1.29 is 14.3 Å². The molecule has 1 aliphatic rings. The van der Waals surface area contributed by atoms with Crippen molar-refractivity contribution in [2.24, 2.45) is 0 Å². The van der Waals surface area contributed by atoms with Gasteiger partial charge in [0.05, 0.1) is 11.0 Å². The van der Waals surface area contributed by atoms with Gasteiger partial charge in [0, 0.05) is 12.2 Å². The molecule has 0 unspecified atom stereocenters. The molecule has 4 nitrogen and oxygen atoms in total. The summed E-state index contributed by atoms with van der Waals surface area (Å²) in [6.45, 7) is 2.53. The van der Waals surface area contributed by atoms with E-state index in [1.165, 1.54) is 25.7 Å². The van der Waals surface area contributed by atoms with Gasteiger partial charge < -0.3 is 9.63 Å². The second-order valence-electron chi connectivity index (χ2n) is 3.95. The predicted octanol–water partition coefficient (Wildman–Crippen LogP) is 1.02. The Bertz CT molecular complexity index is 321. The third-order valence-corrected chi connectivity index (χ3v) is 4.22. The molecule has 84 valence electrons. The molecule has 1 saturated carbocycles. The highest BCUT2D eigenvalue weighted by Gasteiger charge is 2.17. The van der Waals surface area contributed by atoms with E-state index in [1.54, 1.807) is 11.6 Å². The molecule has 0 radical (unpaired) electrons. The molecule has 0 N–H and O–H groups in total. The van der Waals surface area contributed by atoms with Gasteiger partial charge in [0.1, 0.15) is 0 Å². The summed E-state index contributed by atoms with van der Waals surface area (Å²) in [7, 11) is 0. The molecule has 0 atom stereocenters. The van der Waals surface area contributed by atoms with Crippen LogP contribution in [0.15, 0.2) is 4.52 Å². The minimum absolute atomic E-state index is 0.319. The molecule has 1 aromatic heterocycles. The van der Waals surface area contributed by atoms with Crippen molar-refractivity contribution in [1.29, 1.82) is 0 Å². The van der Waals surface area contributed by atoms with E-state index in [1.807, 2.05) is 11.8 Å². The smallest absolute Gasteiger partial charge is 0.230 e. The highest BCUT2D eigenvalue weighted by Crippen LogP contribution is 2.29. The molecule has 1 heterocycles. The maximum absolute atomic E-state index is 11.0. The van der Waals surface area contributed by atoms with Gasteiger partial charge in [-0.1, -0.05) is 17.5 Å². The molecule has 1 aromatic rings. The lowest BCUT2D eigenvalue weighted by Crippen LogP contribution is -2.39. The number of thioether (sulfide) groups is 1. The Morgan fingerprint density at radius 2 is 2.27 bits per heavy atom. The van der Waals surface area contributed by atoms with E-state index >= 15 is 0 Å². The topological polar surface area (TPSA) is 53.0 Å². The van der Waals surface area contributed by atoms with E-state index in [2.05, 4.69) is 9.79 Å². The Morgan fingerprint density at radius 3 is 2.87 bits per heavy atom. The lowest BCUT2D eigenvalue weighted by atomic mass is 10.4. The summed E-state index contributed by atoms with van der Waals surface area (Å²) in [4.78, 5) is 0. The maximum Gasteiger partial charge on any atom is 0.230 e. The van der Waals surface area contributed by atoms with Crippen molar-refractivity contribution in [2.75, 3.05) is 5.75 Å². The summed E-state index contributed by atoms with van der Waals surface area (Å²) in [5.74, 6) is 0.697. The largest absolute Gasteiger partial charge is 0.539 e. The molecular weight excluding hydrogens is 212 g/mol. The van der Waals surface area contributed by atoms with Crippen molar-refractivity contribution in [1.82, 2.24) is 5.27 Å². The lowest BCUT2D eigenvalue weighted by Gasteiger charge is -2.05. The first-order valence-corrected chi connectivity index (χ1v) is 6.47. The molecule has 5 heteroatoms. The molecule has 1 fully saturated rings. The molecule has 1 aliphatic carbocycles. The van der Waals surface area contributed by atoms with Crippen LogP contribution in [0.25, 0.3) is 0 Å². The van der Waals surface area contributed by atoms with Crippen LogP contribution in [0, 0.1) is 6.92 Å². The van der Waals surface area contributed by atoms with Crippen LogP contribution < -0.4 is 9.79 Å². The number of hydrogen-bond donors (Lipinski definition) is 0. The average molecular weight is 228 g/mol. The van der Waals surface area contributed by atoms with Crippen LogP contribution in [0.3, 0.4) is 0 Å². The molecule has 0 spiro atoms. The van der Waals surface area contributed by atoms with Gasteiger partial charge in [0.15, 0.2) is 12.5 Å². The van der Waals surface area contributed by atoms with Gasteiger partial charge in [-0.05, 0) is 12.8 Å². The van der Waals surface area contributed by atoms with Crippen molar-refractivity contribution in [3.8, 4) is 5.95 Å². The normalized spacial score (nSPS) is 17.4. The van der Waals surface area contributed by atoms with Crippen LogP contribution in [0.4, 0.5) is 0 Å². The molecule has 0 bridgehead atoms. The Balaban J connectivity index is 1.75. The van der Waals surface area contributed by atoms with Crippen LogP contribution in [-0.4, -0.2) is 16.3 Å². The Morgan fingerprint density at radius 1 is 1.53 bits per heavy atom. The summed E-state index contributed by atoms with van der Waals surface area (Å²) in [5, 5.41) is 15.5. The van der Waals surface area contributed by atoms with Crippen LogP contribution in [0.5, 0.6) is 5.95 Å². The highest BCUT2D eigenvalue weighted by atomic mass is 32.2. The lowest BCUT2D eigenvalue weighted by molar-refractivity contribution is -0.763. The molecule has 0 aromatic carbocycles. The van der Waals surface area contributed by atoms with E-state index in [4.69, 9.17) is 0 Å². The zero-order chi connectivity index (χ0) is 10.7. The zero-order valence-electron chi connectivity index (χ0n) is 8.94. The van der Waals surface area contributed by atoms with Crippen molar-refractivity contribution in [3.05, 3.63) is 5.69 Å². The monoisotopic (exact) mass is 228 g/mol. The molecule has 0 saturated heterocycles. The number of rotatable bonds is 4. The number of hydrogen-bond acceptors (Lipinski definition) is 4. The third kappa shape index (κ3) is 2.65. The SMILES string of the molecule is Cc1c([O-])on[n+]1CCSC1CCCC1. The minimum atomic E-state index is -0.319. The molecule has 0 amide bonds. The fourth-order valence-corrected chi connectivity index (χ4v) is 3.17. The number of aromatic nitrogens is 2. The van der Waals surface area contributed by atoms with E-state index in [0.717, 1.165) is 17.5 Å². The third-order valence-electron chi connectivity index (χ3n) is 2.86. The predicted molar refractivity (Wildman–Crippen MR) is 55.6 cm³/mol. The Kier molecular flexibility index (Phi) is 3.51. The first-order valence-electron chi connectivity index (χ1n) is 5.42. The quantitative estimate of drug-likeness (QED) is 0.722. The van der Waals surface area contributed by atoms with Crippen molar-refractivity contribution in [2.45, 2.75) is 44.4 Å². The van der Waals surface area contributed by atoms with Crippen LogP contribution in [0.1, 0.15) is 31.4 Å². The van der Waals surface area contributed by atoms with Crippen LogP contribution in [0.2, 0.25) is 0 Å². The molecule has 15 heavy (non-hydrogen) atoms. The van der Waals surface area contributed by atoms with Gasteiger partial charge in [-0.3, -0.25) is 0 Å². The standard InChI is InChI=1S/C10H16N2O2S/c1-8-10(13)14-11-12(8)6-7-15-9-4-2-3-5-9/h9H,2-7H2,1H3. The summed E-state index contributed by atoms with van der Waals surface area (Å²) < 4.78 is 6.22. The van der Waals surface area contributed by atoms with Crippen LogP contribution >= 0.6 is 11.8 Å². The number of nitrogens with zero attached hydrogens (tertiary/aromatic N) is 2. The zero-order valence-corrected chi connectivity index (χ0v) is 9.76. The maximum atomic E-state index is 11.0. The van der Waals surface area contributed by atoms with E-state index in [-0.39, 0.29) is 5.95 Å². The summed E-state index contributed by atoms with van der Waals surface area (Å²) in [6.07, 6.45) is 5.44. The fraction of sp³-hybridized carbons (Fsp3) is 0.800. The van der Waals surface area contributed by atoms with E-state index in [9.17, 15) is 5.11 Å². The second kappa shape index (κ2) is 4.88. The second-order valence-corrected chi connectivity index (χ2v) is 5.35. The first kappa shape index (κ1) is 10.8. The fourth-order valence-electron chi connectivity index (χ4n) is 1.89. The Hall–Kier alpha value is -0.710. The first-order chi connectivity index (χ1) is 7.27. The Labute approximate surface area is 93.6 Å². The summed E-state index contributed by atoms with van der Waals surface area (Å²) in [6, 6.07) is 0. The van der Waals surface area contributed by atoms with Gasteiger partial charge in [-0.2, -0.15) is 11.8 Å². The van der Waals surface area contributed by atoms with E-state index < -0.39 is 0 Å². The van der Waals surface area contributed by atoms with Crippen molar-refractivity contribution in [3.63, 3.8) is 0 Å². The van der Waals surface area contributed by atoms with Gasteiger partial charge in [-0.25, -0.2) is 0 Å². The number of aryl methyl sites for hydroxylation is 1. The summed E-state index contributed by atoms with van der Waals surface area (Å²) in [5.41, 5.74) is 0.599. The molecular formula is C10H16N2O2S. The van der Waals surface area contributed by atoms with Gasteiger partial charge >= 0.3 is 0 Å². The average Bonchev–Trinajstić information content (AvgIpc) is 2.83. The van der Waals surface area contributed by atoms with Gasteiger partial charge in [-0.15, -0.1) is 0 Å². The highest BCUT2D eigenvalue weighted by molar-refractivity contribution is 7.99. The van der Waals surface area contributed by atoms with Crippen LogP contribution in [-0.2, 0) is 6.54 Å². The van der Waals surface area contributed by atoms with Gasteiger partial charge in [0.25, 0.3) is 0 Å². The summed E-state index contributed by atoms with van der Waals surface area (Å²) >= 11 is 1.99. The molecule has 0 aliphatic heterocycles. The minimum Gasteiger partial charge on any atom is -0.539 e. The van der Waals surface area contributed by atoms with E-state index in [0.29, 0.717) is 5.69 Å². The van der Waals surface area contributed by atoms with Gasteiger partial charge in [0.2, 0.25) is 5.69 Å². The van der Waals surface area contributed by atoms with Crippen molar-refractivity contribution >= 4 is 11.8 Å². The molecule has 2 rings (SSSR count).